The van der Waals surface area contributed by atoms with Crippen LogP contribution in [0.5, 0.6) is 0 Å². The summed E-state index contributed by atoms with van der Waals surface area (Å²) < 4.78 is 3.00. The molecular weight excluding hydrogens is 420 g/mol. The minimum atomic E-state index is -0.445. The summed E-state index contributed by atoms with van der Waals surface area (Å²) in [7, 11) is 1.64. The Morgan fingerprint density at radius 3 is 2.46 bits per heavy atom. The first-order chi connectivity index (χ1) is 12.3. The number of aromatic nitrogens is 4. The quantitative estimate of drug-likeness (QED) is 0.641. The summed E-state index contributed by atoms with van der Waals surface area (Å²) in [5.74, 6) is -0.216. The molecule has 10 heteroatoms. The van der Waals surface area contributed by atoms with E-state index in [0.29, 0.717) is 27.3 Å². The largest absolute Gasteiger partial charge is 0.302 e. The number of rotatable bonds is 4. The smallest absolute Gasteiger partial charge is 0.276 e. The molecule has 0 atom stereocenters. The normalized spacial score (nSPS) is 11.0. The Labute approximate surface area is 169 Å². The van der Waals surface area contributed by atoms with Crippen LogP contribution in [0.2, 0.25) is 20.1 Å². The lowest BCUT2D eigenvalue weighted by molar-refractivity contribution is 0.101. The molecule has 1 N–H and O–H groups in total. The molecule has 1 amide bonds. The van der Waals surface area contributed by atoms with E-state index in [1.807, 2.05) is 6.07 Å². The maximum atomic E-state index is 12.5. The number of carbonyl (C=O) groups is 1. The fourth-order valence-corrected chi connectivity index (χ4v) is 3.20. The molecule has 0 radical (unpaired) electrons. The number of amides is 1. The van der Waals surface area contributed by atoms with Crippen molar-refractivity contribution in [2.75, 3.05) is 5.32 Å². The number of nitrogens with zero attached hydrogens (tertiary/aromatic N) is 4. The maximum Gasteiger partial charge on any atom is 0.276 e. The van der Waals surface area contributed by atoms with Gasteiger partial charge in [-0.15, -0.1) is 0 Å². The number of hydrogen-bond acceptors (Lipinski definition) is 3. The van der Waals surface area contributed by atoms with Gasteiger partial charge in [0.05, 0.1) is 27.3 Å². The first-order valence-electron chi connectivity index (χ1n) is 7.43. The fourth-order valence-electron chi connectivity index (χ4n) is 2.43. The van der Waals surface area contributed by atoms with Crippen LogP contribution < -0.4 is 5.32 Å². The van der Waals surface area contributed by atoms with Gasteiger partial charge in [0, 0.05) is 13.2 Å². The third kappa shape index (κ3) is 3.83. The van der Waals surface area contributed by atoms with Crippen molar-refractivity contribution in [3.63, 3.8) is 0 Å². The Kier molecular flexibility index (Phi) is 5.48. The highest BCUT2D eigenvalue weighted by atomic mass is 35.5. The van der Waals surface area contributed by atoms with E-state index in [9.17, 15) is 4.79 Å². The van der Waals surface area contributed by atoms with E-state index in [1.54, 1.807) is 37.0 Å². The number of hydrogen-bond donors (Lipinski definition) is 1. The number of carbonyl (C=O) groups excluding carboxylic acids is 1. The predicted molar refractivity (Wildman–Crippen MR) is 104 cm³/mol. The molecule has 26 heavy (non-hydrogen) atoms. The molecule has 0 fully saturated rings. The molecule has 3 aromatic rings. The van der Waals surface area contributed by atoms with E-state index in [1.165, 1.54) is 4.68 Å². The lowest BCUT2D eigenvalue weighted by atomic mass is 10.2. The van der Waals surface area contributed by atoms with Crippen molar-refractivity contribution in [2.24, 2.45) is 7.05 Å². The summed E-state index contributed by atoms with van der Waals surface area (Å²) in [6, 6.07) is 5.29. The van der Waals surface area contributed by atoms with E-state index in [-0.39, 0.29) is 16.5 Å². The molecule has 0 bridgehead atoms. The van der Waals surface area contributed by atoms with E-state index in [2.05, 4.69) is 15.5 Å². The fraction of sp³-hybridized carbons (Fsp3) is 0.188. The molecule has 2 heterocycles. The number of halogens is 4. The van der Waals surface area contributed by atoms with Crippen LogP contribution in [0.3, 0.4) is 0 Å². The molecule has 136 valence electrons. The van der Waals surface area contributed by atoms with Crippen LogP contribution in [0.1, 0.15) is 21.7 Å². The third-order valence-corrected chi connectivity index (χ3v) is 5.11. The van der Waals surface area contributed by atoms with E-state index < -0.39 is 5.91 Å². The topological polar surface area (TPSA) is 64.7 Å². The van der Waals surface area contributed by atoms with Crippen LogP contribution in [0.25, 0.3) is 0 Å². The van der Waals surface area contributed by atoms with Gasteiger partial charge in [-0.3, -0.25) is 14.2 Å². The average molecular weight is 433 g/mol. The minimum Gasteiger partial charge on any atom is -0.302 e. The van der Waals surface area contributed by atoms with Crippen molar-refractivity contribution in [1.29, 1.82) is 0 Å². The van der Waals surface area contributed by atoms with E-state index in [0.717, 1.165) is 5.56 Å². The van der Waals surface area contributed by atoms with Gasteiger partial charge in [-0.25, -0.2) is 0 Å². The average Bonchev–Trinajstić information content (AvgIpc) is 3.02. The van der Waals surface area contributed by atoms with Gasteiger partial charge in [0.25, 0.3) is 5.91 Å². The highest BCUT2D eigenvalue weighted by Gasteiger charge is 2.21. The van der Waals surface area contributed by atoms with Gasteiger partial charge < -0.3 is 5.32 Å². The third-order valence-electron chi connectivity index (χ3n) is 3.64. The van der Waals surface area contributed by atoms with Crippen molar-refractivity contribution < 1.29 is 4.79 Å². The second kappa shape index (κ2) is 7.48. The maximum absolute atomic E-state index is 12.5. The van der Waals surface area contributed by atoms with Gasteiger partial charge in [0.15, 0.2) is 5.82 Å². The van der Waals surface area contributed by atoms with Crippen LogP contribution in [0, 0.1) is 6.92 Å². The van der Waals surface area contributed by atoms with Crippen molar-refractivity contribution >= 4 is 58.1 Å². The lowest BCUT2D eigenvalue weighted by Crippen LogP contribution is -2.17. The van der Waals surface area contributed by atoms with Crippen molar-refractivity contribution in [1.82, 2.24) is 19.6 Å². The molecule has 0 aliphatic heterocycles. The first kappa shape index (κ1) is 19.0. The van der Waals surface area contributed by atoms with Crippen LogP contribution in [0.4, 0.5) is 5.82 Å². The van der Waals surface area contributed by atoms with E-state index in [4.69, 9.17) is 46.4 Å². The Bertz CT molecular complexity index is 995. The second-order valence-corrected chi connectivity index (χ2v) is 7.20. The zero-order chi connectivity index (χ0) is 19.0. The van der Waals surface area contributed by atoms with Crippen LogP contribution in [-0.2, 0) is 13.6 Å². The predicted octanol–water partition coefficient (Wildman–Crippen LogP) is 4.84. The zero-order valence-corrected chi connectivity index (χ0v) is 16.7. The molecule has 1 aromatic carbocycles. The van der Waals surface area contributed by atoms with Crippen LogP contribution in [0.15, 0.2) is 24.4 Å². The first-order valence-corrected chi connectivity index (χ1v) is 8.94. The highest BCUT2D eigenvalue weighted by molar-refractivity contribution is 6.42. The summed E-state index contributed by atoms with van der Waals surface area (Å²) in [5.41, 5.74) is 1.69. The Morgan fingerprint density at radius 1 is 1.12 bits per heavy atom. The van der Waals surface area contributed by atoms with Gasteiger partial charge in [0.2, 0.25) is 0 Å². The Morgan fingerprint density at radius 2 is 1.85 bits per heavy atom. The van der Waals surface area contributed by atoms with Crippen LogP contribution >= 0.6 is 46.4 Å². The van der Waals surface area contributed by atoms with Gasteiger partial charge in [-0.2, -0.15) is 10.2 Å². The van der Waals surface area contributed by atoms with Crippen molar-refractivity contribution in [3.8, 4) is 0 Å². The van der Waals surface area contributed by atoms with Gasteiger partial charge in [-0.05, 0) is 24.6 Å². The highest BCUT2D eigenvalue weighted by Crippen LogP contribution is 2.26. The minimum absolute atomic E-state index is 0.228. The van der Waals surface area contributed by atoms with E-state index >= 15 is 0 Å². The van der Waals surface area contributed by atoms with Gasteiger partial charge in [-0.1, -0.05) is 52.5 Å². The molecule has 0 saturated carbocycles. The summed E-state index contributed by atoms with van der Waals surface area (Å²) in [6.45, 7) is 2.14. The lowest BCUT2D eigenvalue weighted by Gasteiger charge is -2.05. The van der Waals surface area contributed by atoms with Crippen LogP contribution in [-0.4, -0.2) is 25.5 Å². The standard InChI is InChI=1S/C16H13Cl4N5O/c1-8-13(20)14(24(2)22-8)16(26)21-15-12(19)7-25(23-15)6-9-3-4-10(17)11(18)5-9/h3-5,7H,6H2,1-2H3,(H,21,23,26). The monoisotopic (exact) mass is 431 g/mol. The molecule has 0 aliphatic carbocycles. The zero-order valence-electron chi connectivity index (χ0n) is 13.7. The number of benzene rings is 1. The molecule has 0 saturated heterocycles. The van der Waals surface area contributed by atoms with Crippen molar-refractivity contribution in [2.45, 2.75) is 13.5 Å². The van der Waals surface area contributed by atoms with Gasteiger partial charge in [0.1, 0.15) is 10.7 Å². The summed E-state index contributed by atoms with van der Waals surface area (Å²) in [5, 5.41) is 12.6. The number of anilines is 1. The molecule has 6 nitrogen and oxygen atoms in total. The summed E-state index contributed by atoms with van der Waals surface area (Å²) in [4.78, 5) is 12.5. The molecule has 3 rings (SSSR count). The number of aryl methyl sites for hydroxylation is 2. The Balaban J connectivity index is 1.79. The molecule has 0 spiro atoms. The van der Waals surface area contributed by atoms with Gasteiger partial charge >= 0.3 is 0 Å². The molecule has 0 unspecified atom stereocenters. The molecule has 2 aromatic heterocycles. The SMILES string of the molecule is Cc1nn(C)c(C(=O)Nc2nn(Cc3ccc(Cl)c(Cl)c3)cc2Cl)c1Cl. The Hall–Kier alpha value is -1.73. The second-order valence-electron chi connectivity index (χ2n) is 5.60. The molecular formula is C16H13Cl4N5O. The van der Waals surface area contributed by atoms with Crippen molar-refractivity contribution in [3.05, 3.63) is 61.4 Å². The number of nitrogens with one attached hydrogen (secondary N) is 1. The summed E-state index contributed by atoms with van der Waals surface area (Å²) >= 11 is 24.2. The summed E-state index contributed by atoms with van der Waals surface area (Å²) in [6.07, 6.45) is 1.61. The molecule has 0 aliphatic rings.